The summed E-state index contributed by atoms with van der Waals surface area (Å²) in [6.07, 6.45) is 0. The van der Waals surface area contributed by atoms with E-state index in [1.807, 2.05) is 0 Å². The monoisotopic (exact) mass is 1280 g/mol. The molecule has 0 heteroatoms. The van der Waals surface area contributed by atoms with Gasteiger partial charge in [-0.05, 0) is 283 Å². The summed E-state index contributed by atoms with van der Waals surface area (Å²) in [7, 11) is 0. The lowest BCUT2D eigenvalue weighted by atomic mass is 9.80. The normalized spacial score (nSPS) is 12.1. The van der Waals surface area contributed by atoms with Crippen molar-refractivity contribution >= 4 is 162 Å². The molecule has 102 heavy (non-hydrogen) atoms. The molecule has 0 aromatic heterocycles. The van der Waals surface area contributed by atoms with E-state index in [0.29, 0.717) is 0 Å². The van der Waals surface area contributed by atoms with Crippen molar-refractivity contribution in [3.05, 3.63) is 364 Å². The van der Waals surface area contributed by atoms with E-state index in [9.17, 15) is 0 Å². The van der Waals surface area contributed by atoms with Crippen LogP contribution in [-0.2, 0) is 0 Å². The molecule has 0 aliphatic rings. The molecule has 0 radical (unpaired) electrons. The summed E-state index contributed by atoms with van der Waals surface area (Å²) in [6, 6.07) is 138. The van der Waals surface area contributed by atoms with E-state index in [0.717, 1.165) is 16.7 Å². The Balaban J connectivity index is 0.846. The van der Waals surface area contributed by atoms with Crippen molar-refractivity contribution in [1.29, 1.82) is 0 Å². The Kier molecular flexibility index (Phi) is 12.3. The molecule has 0 atom stereocenters. The SMILES string of the molecule is c1cc(-c2c3ccccc3c(-c3cc(-c4c5ccccc5c(-c5cccc6cc7ccc8ccccc8c7cc56)c5ccccc45)cc(-c4c5ccccc5c(-c5cccc6cc7ccc8ccccc8c7cc56)c5ccccc45)c3)c3ccccc23)c2cc3c(ccc4ccccc43)cc2c1. The van der Waals surface area contributed by atoms with Gasteiger partial charge in [0.2, 0.25) is 0 Å². The molecule has 22 rings (SSSR count). The fraction of sp³-hybridized carbons (Fsp3) is 0. The van der Waals surface area contributed by atoms with Gasteiger partial charge in [0.15, 0.2) is 0 Å². The predicted octanol–water partition coefficient (Wildman–Crippen LogP) is 29.0. The summed E-state index contributed by atoms with van der Waals surface area (Å²) < 4.78 is 0. The van der Waals surface area contributed by atoms with Gasteiger partial charge in [0.25, 0.3) is 0 Å². The summed E-state index contributed by atoms with van der Waals surface area (Å²) in [5.41, 5.74) is 14.5. The quantitative estimate of drug-likeness (QED) is 0.115. The third kappa shape index (κ3) is 8.45. The Morgan fingerprint density at radius 3 is 0.529 bits per heavy atom. The molecule has 22 aromatic rings. The Morgan fingerprint density at radius 1 is 0.0980 bits per heavy atom. The van der Waals surface area contributed by atoms with Gasteiger partial charge in [0.1, 0.15) is 0 Å². The van der Waals surface area contributed by atoms with Gasteiger partial charge in [0, 0.05) is 0 Å². The van der Waals surface area contributed by atoms with Gasteiger partial charge in [-0.15, -0.1) is 0 Å². The molecule has 0 saturated carbocycles. The average Bonchev–Trinajstić information content (AvgIpc) is 0.715. The van der Waals surface area contributed by atoms with Gasteiger partial charge in [-0.1, -0.05) is 309 Å². The van der Waals surface area contributed by atoms with Gasteiger partial charge < -0.3 is 0 Å². The summed E-state index contributed by atoms with van der Waals surface area (Å²) in [4.78, 5) is 0. The van der Waals surface area contributed by atoms with Gasteiger partial charge in [0.05, 0.1) is 0 Å². The lowest BCUT2D eigenvalue weighted by Crippen LogP contribution is -1.96. The second kappa shape index (κ2) is 22.1. The fourth-order valence-electron chi connectivity index (χ4n) is 18.2. The highest BCUT2D eigenvalue weighted by Gasteiger charge is 2.26. The smallest absolute Gasteiger partial charge is 0.00201 e. The van der Waals surface area contributed by atoms with Crippen LogP contribution in [0.2, 0.25) is 0 Å². The summed E-state index contributed by atoms with van der Waals surface area (Å²) >= 11 is 0. The molecule has 0 spiro atoms. The van der Waals surface area contributed by atoms with Crippen molar-refractivity contribution < 1.29 is 0 Å². The van der Waals surface area contributed by atoms with Crippen molar-refractivity contribution in [2.24, 2.45) is 0 Å². The number of fused-ring (bicyclic) bond motifs is 18. The van der Waals surface area contributed by atoms with Crippen molar-refractivity contribution in [2.45, 2.75) is 0 Å². The maximum Gasteiger partial charge on any atom is -0.00201 e. The van der Waals surface area contributed by atoms with E-state index >= 15 is 0 Å². The van der Waals surface area contributed by atoms with Crippen LogP contribution in [0.15, 0.2) is 364 Å². The number of benzene rings is 22. The largest absolute Gasteiger partial charge is 0.0616 e. The van der Waals surface area contributed by atoms with E-state index in [1.54, 1.807) is 0 Å². The van der Waals surface area contributed by atoms with Gasteiger partial charge in [-0.3, -0.25) is 0 Å². The molecule has 22 aromatic carbocycles. The zero-order chi connectivity index (χ0) is 66.7. The lowest BCUT2D eigenvalue weighted by Gasteiger charge is -2.23. The van der Waals surface area contributed by atoms with E-state index < -0.39 is 0 Å². The second-order valence-electron chi connectivity index (χ2n) is 28.0. The standard InChI is InChI=1S/C102H60/c1-4-28-73-61(22-1)46-49-67-52-64-25-19-43-88(94(64)58-91(67)73)100-82-37-13-7-31-76(82)97(77-32-8-14-38-83(77)100)70-55-71(98-78-33-9-15-39-84(78)101(85-40-16-10-34-79(85)98)89-44-20-26-65-53-68-50-47-62-23-2-5-29-74(62)92(68)59-95(65)89)57-72(56-70)99-80-35-11-17-41-86(80)102(87-42-18-12-36-81(87)99)90-45-21-27-66-54-69-51-48-63-24-3-6-30-75(63)93(69)60-96(66)90/h1-60H. The van der Waals surface area contributed by atoms with E-state index in [-0.39, 0.29) is 0 Å². The highest BCUT2D eigenvalue weighted by molar-refractivity contribution is 6.30. The van der Waals surface area contributed by atoms with Gasteiger partial charge in [-0.25, -0.2) is 0 Å². The third-order valence-corrected chi connectivity index (χ3v) is 22.6. The van der Waals surface area contributed by atoms with Crippen LogP contribution in [0, 0.1) is 0 Å². The van der Waals surface area contributed by atoms with E-state index in [2.05, 4.69) is 364 Å². The molecule has 0 aliphatic heterocycles. The first-order chi connectivity index (χ1) is 50.6. The Bertz CT molecular complexity index is 6550. The zero-order valence-electron chi connectivity index (χ0n) is 55.6. The highest BCUT2D eigenvalue weighted by atomic mass is 14.3. The minimum Gasteiger partial charge on any atom is -0.0616 e. The molecular formula is C102H60. The van der Waals surface area contributed by atoms with Crippen LogP contribution >= 0.6 is 0 Å². The van der Waals surface area contributed by atoms with Crippen LogP contribution in [0.1, 0.15) is 0 Å². The molecule has 0 unspecified atom stereocenters. The molecule has 468 valence electrons. The molecule has 0 heterocycles. The Labute approximate surface area is 588 Å². The van der Waals surface area contributed by atoms with Crippen molar-refractivity contribution in [2.75, 3.05) is 0 Å². The fourth-order valence-corrected chi connectivity index (χ4v) is 18.2. The minimum absolute atomic E-state index is 1.16. The van der Waals surface area contributed by atoms with Crippen LogP contribution in [0.3, 0.4) is 0 Å². The van der Waals surface area contributed by atoms with Gasteiger partial charge in [-0.2, -0.15) is 0 Å². The molecule has 0 aliphatic carbocycles. The number of hydrogen-bond acceptors (Lipinski definition) is 0. The minimum atomic E-state index is 1.16. The summed E-state index contributed by atoms with van der Waals surface area (Å²) in [6.45, 7) is 0. The van der Waals surface area contributed by atoms with Crippen LogP contribution in [0.4, 0.5) is 0 Å². The molecule has 0 bridgehead atoms. The first-order valence-electron chi connectivity index (χ1n) is 35.6. The highest BCUT2D eigenvalue weighted by Crippen LogP contribution is 2.53. The van der Waals surface area contributed by atoms with Gasteiger partial charge >= 0.3 is 0 Å². The van der Waals surface area contributed by atoms with Crippen LogP contribution in [0.5, 0.6) is 0 Å². The topological polar surface area (TPSA) is 0 Å². The zero-order valence-corrected chi connectivity index (χ0v) is 55.6. The van der Waals surface area contributed by atoms with E-state index in [1.165, 1.54) is 212 Å². The first-order valence-corrected chi connectivity index (χ1v) is 35.6. The maximum absolute atomic E-state index is 2.54. The number of rotatable bonds is 6. The second-order valence-corrected chi connectivity index (χ2v) is 28.0. The van der Waals surface area contributed by atoms with Crippen LogP contribution in [0.25, 0.3) is 228 Å². The predicted molar refractivity (Wildman–Crippen MR) is 442 cm³/mol. The van der Waals surface area contributed by atoms with Crippen molar-refractivity contribution in [3.63, 3.8) is 0 Å². The Morgan fingerprint density at radius 2 is 0.284 bits per heavy atom. The van der Waals surface area contributed by atoms with Crippen molar-refractivity contribution in [1.82, 2.24) is 0 Å². The maximum atomic E-state index is 2.54. The Hall–Kier alpha value is -13.3. The lowest BCUT2D eigenvalue weighted by molar-refractivity contribution is 1.63. The molecule has 0 fully saturated rings. The first kappa shape index (κ1) is 56.7. The average molecular weight is 1290 g/mol. The van der Waals surface area contributed by atoms with Crippen molar-refractivity contribution in [3.8, 4) is 66.8 Å². The van der Waals surface area contributed by atoms with Crippen LogP contribution < -0.4 is 0 Å². The van der Waals surface area contributed by atoms with E-state index in [4.69, 9.17) is 0 Å². The summed E-state index contributed by atoms with van der Waals surface area (Å²) in [5.74, 6) is 0. The summed E-state index contributed by atoms with van der Waals surface area (Å²) in [5, 5.41) is 37.1. The molecule has 0 nitrogen and oxygen atoms in total. The third-order valence-electron chi connectivity index (χ3n) is 22.6. The molecular weight excluding hydrogens is 1230 g/mol. The number of hydrogen-bond donors (Lipinski definition) is 0. The van der Waals surface area contributed by atoms with Crippen LogP contribution in [-0.4, -0.2) is 0 Å². The molecule has 0 N–H and O–H groups in total. The molecule has 0 amide bonds. The molecule has 0 saturated heterocycles.